The van der Waals surface area contributed by atoms with Crippen molar-refractivity contribution in [1.82, 2.24) is 25.2 Å². The molecule has 0 amide bonds. The Morgan fingerprint density at radius 1 is 1.04 bits per heavy atom. The second-order valence-corrected chi connectivity index (χ2v) is 7.78. The van der Waals surface area contributed by atoms with Crippen molar-refractivity contribution in [3.63, 3.8) is 0 Å². The first-order valence-corrected chi connectivity index (χ1v) is 10.1. The van der Waals surface area contributed by atoms with Crippen LogP contribution in [0, 0.1) is 6.92 Å². The lowest BCUT2D eigenvalue weighted by Crippen LogP contribution is -1.98. The predicted molar refractivity (Wildman–Crippen MR) is 105 cm³/mol. The highest BCUT2D eigenvalue weighted by atomic mass is 32.2. The number of benzene rings is 2. The molecule has 0 unspecified atom stereocenters. The summed E-state index contributed by atoms with van der Waals surface area (Å²) in [5.41, 5.74) is 4.58. The van der Waals surface area contributed by atoms with Gasteiger partial charge < -0.3 is 0 Å². The number of thioether (sulfide) groups is 1. The molecule has 4 aromatic rings. The Kier molecular flexibility index (Phi) is 5.08. The third-order valence-electron chi connectivity index (χ3n) is 3.87. The van der Waals surface area contributed by atoms with Crippen LogP contribution in [-0.2, 0) is 12.2 Å². The molecule has 7 heteroatoms. The highest BCUT2D eigenvalue weighted by Gasteiger charge is 2.10. The number of aromatic nitrogens is 5. The summed E-state index contributed by atoms with van der Waals surface area (Å²) >= 11 is 3.30. The molecule has 0 spiro atoms. The highest BCUT2D eigenvalue weighted by molar-refractivity contribution is 7.98. The van der Waals surface area contributed by atoms with Gasteiger partial charge in [-0.2, -0.15) is 4.68 Å². The third kappa shape index (κ3) is 4.00. The predicted octanol–water partition coefficient (Wildman–Crippen LogP) is 4.31. The van der Waals surface area contributed by atoms with Crippen LogP contribution in [0.4, 0.5) is 0 Å². The molecule has 2 aromatic heterocycles. The van der Waals surface area contributed by atoms with Gasteiger partial charge in [-0.25, -0.2) is 4.98 Å². The molecule has 26 heavy (non-hydrogen) atoms. The van der Waals surface area contributed by atoms with Gasteiger partial charge in [0, 0.05) is 17.6 Å². The first-order valence-electron chi connectivity index (χ1n) is 8.23. The van der Waals surface area contributed by atoms with Crippen molar-refractivity contribution in [2.24, 2.45) is 0 Å². The van der Waals surface area contributed by atoms with Crippen LogP contribution in [0.1, 0.15) is 21.8 Å². The summed E-state index contributed by atoms with van der Waals surface area (Å²) in [5.74, 6) is 0.748. The van der Waals surface area contributed by atoms with Gasteiger partial charge in [-0.05, 0) is 35.0 Å². The number of thiazole rings is 1. The summed E-state index contributed by atoms with van der Waals surface area (Å²) < 4.78 is 1.75. The minimum atomic E-state index is 0.748. The second kappa shape index (κ2) is 7.80. The van der Waals surface area contributed by atoms with E-state index in [9.17, 15) is 0 Å². The molecule has 2 heterocycles. The fourth-order valence-corrected chi connectivity index (χ4v) is 4.23. The van der Waals surface area contributed by atoms with E-state index in [1.165, 1.54) is 11.1 Å². The van der Waals surface area contributed by atoms with E-state index in [1.807, 2.05) is 30.3 Å². The molecule has 0 saturated heterocycles. The SMILES string of the molecule is Cc1ccc(Cc2nc(CSc3nnnn3-c3ccccc3)cs2)cc1. The topological polar surface area (TPSA) is 56.5 Å². The zero-order valence-electron chi connectivity index (χ0n) is 14.2. The van der Waals surface area contributed by atoms with E-state index in [-0.39, 0.29) is 0 Å². The smallest absolute Gasteiger partial charge is 0.214 e. The first kappa shape index (κ1) is 16.9. The monoisotopic (exact) mass is 379 g/mol. The zero-order valence-corrected chi connectivity index (χ0v) is 15.9. The molecule has 0 fully saturated rings. The first-order chi connectivity index (χ1) is 12.8. The van der Waals surface area contributed by atoms with E-state index in [2.05, 4.69) is 52.1 Å². The Bertz CT molecular complexity index is 977. The fraction of sp³-hybridized carbons (Fsp3) is 0.158. The standard InChI is InChI=1S/C19H17N5S2/c1-14-7-9-15(10-8-14)11-18-20-16(12-25-18)13-26-19-21-22-23-24(19)17-5-3-2-4-6-17/h2-10,12H,11,13H2,1H3. The molecular weight excluding hydrogens is 362 g/mol. The minimum Gasteiger partial charge on any atom is -0.245 e. The number of tetrazole rings is 1. The molecule has 0 radical (unpaired) electrons. The van der Waals surface area contributed by atoms with Crippen molar-refractivity contribution in [3.05, 3.63) is 81.8 Å². The van der Waals surface area contributed by atoms with Crippen LogP contribution in [0.3, 0.4) is 0 Å². The van der Waals surface area contributed by atoms with Gasteiger partial charge in [0.25, 0.3) is 0 Å². The Morgan fingerprint density at radius 3 is 2.65 bits per heavy atom. The van der Waals surface area contributed by atoms with E-state index in [0.29, 0.717) is 0 Å². The largest absolute Gasteiger partial charge is 0.245 e. The molecule has 0 atom stereocenters. The Hall–Kier alpha value is -2.51. The number of hydrogen-bond acceptors (Lipinski definition) is 6. The Balaban J connectivity index is 1.41. The van der Waals surface area contributed by atoms with Crippen LogP contribution in [0.15, 0.2) is 65.1 Å². The number of nitrogens with zero attached hydrogens (tertiary/aromatic N) is 5. The Morgan fingerprint density at radius 2 is 1.85 bits per heavy atom. The van der Waals surface area contributed by atoms with Crippen LogP contribution >= 0.6 is 23.1 Å². The maximum atomic E-state index is 4.75. The molecule has 130 valence electrons. The van der Waals surface area contributed by atoms with Crippen molar-refractivity contribution in [2.45, 2.75) is 24.3 Å². The molecule has 0 aliphatic heterocycles. The van der Waals surface area contributed by atoms with Gasteiger partial charge in [0.15, 0.2) is 0 Å². The van der Waals surface area contributed by atoms with E-state index in [1.54, 1.807) is 27.8 Å². The van der Waals surface area contributed by atoms with Crippen LogP contribution < -0.4 is 0 Å². The number of para-hydroxylation sites is 1. The van der Waals surface area contributed by atoms with Gasteiger partial charge in [0.05, 0.1) is 16.4 Å². The number of rotatable bonds is 6. The fourth-order valence-electron chi connectivity index (χ4n) is 2.52. The van der Waals surface area contributed by atoms with Crippen molar-refractivity contribution < 1.29 is 0 Å². The molecular formula is C19H17N5S2. The molecule has 0 aliphatic rings. The van der Waals surface area contributed by atoms with Crippen LogP contribution in [0.2, 0.25) is 0 Å². The summed E-state index contributed by atoms with van der Waals surface area (Å²) in [5, 5.41) is 16.0. The second-order valence-electron chi connectivity index (χ2n) is 5.89. The van der Waals surface area contributed by atoms with E-state index in [4.69, 9.17) is 4.98 Å². The van der Waals surface area contributed by atoms with Crippen LogP contribution in [-0.4, -0.2) is 25.2 Å². The van der Waals surface area contributed by atoms with Gasteiger partial charge in [0.1, 0.15) is 0 Å². The normalized spacial score (nSPS) is 11.0. The van der Waals surface area contributed by atoms with Crippen molar-refractivity contribution in [3.8, 4) is 5.69 Å². The molecule has 5 nitrogen and oxygen atoms in total. The maximum Gasteiger partial charge on any atom is 0.214 e. The number of hydrogen-bond donors (Lipinski definition) is 0. The highest BCUT2D eigenvalue weighted by Crippen LogP contribution is 2.24. The van der Waals surface area contributed by atoms with Gasteiger partial charge in [0.2, 0.25) is 5.16 Å². The van der Waals surface area contributed by atoms with Crippen molar-refractivity contribution >= 4 is 23.1 Å². The molecule has 0 bridgehead atoms. The average molecular weight is 380 g/mol. The van der Waals surface area contributed by atoms with Crippen molar-refractivity contribution in [2.75, 3.05) is 0 Å². The lowest BCUT2D eigenvalue weighted by Gasteiger charge is -2.02. The summed E-state index contributed by atoms with van der Waals surface area (Å²) in [7, 11) is 0. The summed E-state index contributed by atoms with van der Waals surface area (Å²) in [6.07, 6.45) is 0.872. The van der Waals surface area contributed by atoms with Gasteiger partial charge in [-0.1, -0.05) is 59.8 Å². The number of aryl methyl sites for hydroxylation is 1. The molecule has 0 aliphatic carbocycles. The quantitative estimate of drug-likeness (QED) is 0.467. The van der Waals surface area contributed by atoms with Crippen LogP contribution in [0.25, 0.3) is 5.69 Å². The zero-order chi connectivity index (χ0) is 17.8. The molecule has 0 N–H and O–H groups in total. The minimum absolute atomic E-state index is 0.748. The molecule has 4 rings (SSSR count). The maximum absolute atomic E-state index is 4.75. The lowest BCUT2D eigenvalue weighted by molar-refractivity contribution is 0.756. The molecule has 0 saturated carbocycles. The third-order valence-corrected chi connectivity index (χ3v) is 5.72. The van der Waals surface area contributed by atoms with E-state index < -0.39 is 0 Å². The van der Waals surface area contributed by atoms with E-state index >= 15 is 0 Å². The lowest BCUT2D eigenvalue weighted by atomic mass is 10.1. The molecule has 2 aromatic carbocycles. The average Bonchev–Trinajstić information content (AvgIpc) is 3.32. The summed E-state index contributed by atoms with van der Waals surface area (Å²) in [4.78, 5) is 4.75. The van der Waals surface area contributed by atoms with Gasteiger partial charge in [-0.3, -0.25) is 0 Å². The summed E-state index contributed by atoms with van der Waals surface area (Å²) in [6, 6.07) is 18.5. The van der Waals surface area contributed by atoms with Gasteiger partial charge in [-0.15, -0.1) is 16.4 Å². The summed E-state index contributed by atoms with van der Waals surface area (Å²) in [6.45, 7) is 2.10. The van der Waals surface area contributed by atoms with Crippen LogP contribution in [0.5, 0.6) is 0 Å². The van der Waals surface area contributed by atoms with Crippen molar-refractivity contribution in [1.29, 1.82) is 0 Å². The van der Waals surface area contributed by atoms with E-state index in [0.717, 1.165) is 33.7 Å². The van der Waals surface area contributed by atoms with Gasteiger partial charge >= 0.3 is 0 Å². The Labute approximate surface area is 160 Å².